The lowest BCUT2D eigenvalue weighted by Gasteiger charge is -2.16. The van der Waals surface area contributed by atoms with Crippen molar-refractivity contribution in [2.24, 2.45) is 5.92 Å². The zero-order chi connectivity index (χ0) is 16.2. The van der Waals surface area contributed by atoms with Gasteiger partial charge in [0.1, 0.15) is 0 Å². The van der Waals surface area contributed by atoms with Crippen LogP contribution in [0.1, 0.15) is 18.9 Å². The molecule has 3 rings (SSSR count). The van der Waals surface area contributed by atoms with Crippen LogP contribution in [0.4, 0.5) is 0 Å². The number of fused-ring (bicyclic) bond motifs is 1. The summed E-state index contributed by atoms with van der Waals surface area (Å²) in [5.41, 5.74) is 3.70. The predicted molar refractivity (Wildman–Crippen MR) is 96.3 cm³/mol. The summed E-state index contributed by atoms with van der Waals surface area (Å²) in [6, 6.07) is 8.74. The molecule has 0 radical (unpaired) electrons. The van der Waals surface area contributed by atoms with Gasteiger partial charge >= 0.3 is 0 Å². The van der Waals surface area contributed by atoms with Crippen LogP contribution in [0.3, 0.4) is 0 Å². The van der Waals surface area contributed by atoms with Crippen LogP contribution in [0.15, 0.2) is 66.6 Å². The second-order valence-electron chi connectivity index (χ2n) is 6.36. The van der Waals surface area contributed by atoms with Crippen molar-refractivity contribution >= 4 is 10.9 Å². The minimum Gasteiger partial charge on any atom is -0.513 e. The fourth-order valence-electron chi connectivity index (χ4n) is 3.18. The zero-order valence-electron chi connectivity index (χ0n) is 13.6. The highest BCUT2D eigenvalue weighted by Crippen LogP contribution is 2.25. The summed E-state index contributed by atoms with van der Waals surface area (Å²) < 4.78 is 0. The first-order valence-electron chi connectivity index (χ1n) is 8.13. The summed E-state index contributed by atoms with van der Waals surface area (Å²) in [6.45, 7) is 8.99. The van der Waals surface area contributed by atoms with Gasteiger partial charge in [0.05, 0.1) is 5.76 Å². The van der Waals surface area contributed by atoms with E-state index in [-0.39, 0.29) is 0 Å². The highest BCUT2D eigenvalue weighted by atomic mass is 16.3. The summed E-state index contributed by atoms with van der Waals surface area (Å²) >= 11 is 0. The topological polar surface area (TPSA) is 39.3 Å². The minimum absolute atomic E-state index is 0.321. The highest BCUT2D eigenvalue weighted by molar-refractivity contribution is 5.79. The van der Waals surface area contributed by atoms with E-state index >= 15 is 0 Å². The molecule has 1 fully saturated rings. The van der Waals surface area contributed by atoms with Gasteiger partial charge in [0.2, 0.25) is 0 Å². The summed E-state index contributed by atoms with van der Waals surface area (Å²) in [7, 11) is 0. The van der Waals surface area contributed by atoms with Crippen molar-refractivity contribution in [2.45, 2.75) is 19.9 Å². The van der Waals surface area contributed by atoms with Crippen molar-refractivity contribution in [2.75, 3.05) is 13.1 Å². The molecule has 1 aliphatic rings. The molecule has 0 aliphatic carbocycles. The molecule has 2 heterocycles. The van der Waals surface area contributed by atoms with E-state index in [0.717, 1.165) is 31.6 Å². The number of H-pyrrole nitrogens is 1. The maximum absolute atomic E-state index is 9.17. The third kappa shape index (κ3) is 3.93. The fourth-order valence-corrected chi connectivity index (χ4v) is 3.18. The molecule has 120 valence electrons. The third-order valence-electron chi connectivity index (χ3n) is 4.47. The minimum atomic E-state index is 0.321. The number of allylic oxidation sites excluding steroid dienone is 4. The van der Waals surface area contributed by atoms with Crippen molar-refractivity contribution in [1.29, 1.82) is 0 Å². The van der Waals surface area contributed by atoms with Gasteiger partial charge in [0, 0.05) is 24.8 Å². The van der Waals surface area contributed by atoms with Crippen molar-refractivity contribution in [3.05, 3.63) is 72.2 Å². The molecule has 1 aromatic carbocycles. The van der Waals surface area contributed by atoms with Crippen molar-refractivity contribution in [3.8, 4) is 0 Å². The molecule has 1 atom stereocenters. The first-order chi connectivity index (χ1) is 11.1. The molecule has 2 N–H and O–H groups in total. The van der Waals surface area contributed by atoms with E-state index in [1.807, 2.05) is 18.3 Å². The van der Waals surface area contributed by atoms with Gasteiger partial charge in [0.15, 0.2) is 0 Å². The first-order valence-corrected chi connectivity index (χ1v) is 8.13. The van der Waals surface area contributed by atoms with Crippen LogP contribution in [-0.2, 0) is 6.54 Å². The van der Waals surface area contributed by atoms with Crippen LogP contribution in [0.5, 0.6) is 0 Å². The Morgan fingerprint density at radius 2 is 2.30 bits per heavy atom. The monoisotopic (exact) mass is 308 g/mol. The lowest BCUT2D eigenvalue weighted by Crippen LogP contribution is -2.20. The van der Waals surface area contributed by atoms with Crippen molar-refractivity contribution in [3.63, 3.8) is 0 Å². The normalized spacial score (nSPS) is 19.9. The van der Waals surface area contributed by atoms with Gasteiger partial charge in [-0.1, -0.05) is 36.4 Å². The Kier molecular flexibility index (Phi) is 4.68. The highest BCUT2D eigenvalue weighted by Gasteiger charge is 2.23. The van der Waals surface area contributed by atoms with Gasteiger partial charge in [-0.3, -0.25) is 4.90 Å². The molecule has 0 saturated carbocycles. The van der Waals surface area contributed by atoms with Crippen LogP contribution in [0.2, 0.25) is 0 Å². The Morgan fingerprint density at radius 3 is 3.13 bits per heavy atom. The molecule has 1 unspecified atom stereocenters. The van der Waals surface area contributed by atoms with Crippen LogP contribution in [-0.4, -0.2) is 28.1 Å². The number of benzene rings is 1. The van der Waals surface area contributed by atoms with E-state index in [4.69, 9.17) is 5.11 Å². The molecule has 1 aliphatic heterocycles. The van der Waals surface area contributed by atoms with E-state index in [0.29, 0.717) is 11.7 Å². The SMILES string of the molecule is C=C(/C=C\C=C(/C)O)C1CCN(Cc2ccc3cc[nH]c3c2)C1. The van der Waals surface area contributed by atoms with Gasteiger partial charge < -0.3 is 10.1 Å². The number of aliphatic hydroxyl groups is 1. The first kappa shape index (κ1) is 15.6. The smallest absolute Gasteiger partial charge is 0.0891 e. The molecular formula is C20H24N2O. The van der Waals surface area contributed by atoms with Crippen molar-refractivity contribution in [1.82, 2.24) is 9.88 Å². The fraction of sp³-hybridized carbons (Fsp3) is 0.300. The standard InChI is InChI=1S/C20H24N2O/c1-15(4-3-5-16(2)23)19-9-11-22(14-19)13-17-6-7-18-8-10-21-20(18)12-17/h3-8,10,12,19,21,23H,1,9,11,13-14H2,2H3/b4-3-,16-5+. The molecular weight excluding hydrogens is 284 g/mol. The Hall–Kier alpha value is -2.26. The van der Waals surface area contributed by atoms with E-state index < -0.39 is 0 Å². The number of hydrogen-bond donors (Lipinski definition) is 2. The Bertz CT molecular complexity index is 750. The Labute approximate surface area is 137 Å². The van der Waals surface area contributed by atoms with Gasteiger partial charge in [-0.2, -0.15) is 0 Å². The van der Waals surface area contributed by atoms with Crippen LogP contribution >= 0.6 is 0 Å². The lowest BCUT2D eigenvalue weighted by atomic mass is 9.99. The maximum atomic E-state index is 9.17. The van der Waals surface area contributed by atoms with Gasteiger partial charge in [-0.15, -0.1) is 0 Å². The number of aromatic nitrogens is 1. The maximum Gasteiger partial charge on any atom is 0.0891 e. The molecule has 3 nitrogen and oxygen atoms in total. The summed E-state index contributed by atoms with van der Waals surface area (Å²) in [5.74, 6) is 0.828. The summed E-state index contributed by atoms with van der Waals surface area (Å²) in [6.07, 6.45) is 8.72. The van der Waals surface area contributed by atoms with E-state index in [2.05, 4.69) is 40.7 Å². The van der Waals surface area contributed by atoms with E-state index in [1.54, 1.807) is 13.0 Å². The number of nitrogens with zero attached hydrogens (tertiary/aromatic N) is 1. The lowest BCUT2D eigenvalue weighted by molar-refractivity contribution is 0.323. The second-order valence-corrected chi connectivity index (χ2v) is 6.36. The van der Waals surface area contributed by atoms with Crippen LogP contribution in [0, 0.1) is 5.92 Å². The quantitative estimate of drug-likeness (QED) is 0.627. The van der Waals surface area contributed by atoms with Gasteiger partial charge in [0.25, 0.3) is 0 Å². The molecule has 2 aromatic rings. The van der Waals surface area contributed by atoms with Crippen LogP contribution < -0.4 is 0 Å². The zero-order valence-corrected chi connectivity index (χ0v) is 13.6. The predicted octanol–water partition coefficient (Wildman–Crippen LogP) is 4.56. The van der Waals surface area contributed by atoms with E-state index in [1.165, 1.54) is 16.5 Å². The number of likely N-dealkylation sites (tertiary alicyclic amines) is 1. The van der Waals surface area contributed by atoms with Gasteiger partial charge in [-0.25, -0.2) is 0 Å². The largest absolute Gasteiger partial charge is 0.513 e. The number of nitrogens with one attached hydrogen (secondary N) is 1. The van der Waals surface area contributed by atoms with Gasteiger partial charge in [-0.05, 0) is 55.0 Å². The molecule has 1 aromatic heterocycles. The Balaban J connectivity index is 1.58. The average molecular weight is 308 g/mol. The number of hydrogen-bond acceptors (Lipinski definition) is 2. The molecule has 0 bridgehead atoms. The number of aliphatic hydroxyl groups excluding tert-OH is 1. The van der Waals surface area contributed by atoms with E-state index in [9.17, 15) is 0 Å². The molecule has 1 saturated heterocycles. The van der Waals surface area contributed by atoms with Crippen molar-refractivity contribution < 1.29 is 5.11 Å². The third-order valence-corrected chi connectivity index (χ3v) is 4.47. The van der Waals surface area contributed by atoms with Crippen LogP contribution in [0.25, 0.3) is 10.9 Å². The summed E-state index contributed by atoms with van der Waals surface area (Å²) in [4.78, 5) is 5.76. The summed E-state index contributed by atoms with van der Waals surface area (Å²) in [5, 5.41) is 10.4. The molecule has 3 heteroatoms. The second kappa shape index (κ2) is 6.88. The number of rotatable bonds is 5. The average Bonchev–Trinajstić information content (AvgIpc) is 3.15. The number of aromatic amines is 1. The molecule has 23 heavy (non-hydrogen) atoms. The molecule has 0 spiro atoms. The Morgan fingerprint density at radius 1 is 1.43 bits per heavy atom. The molecule has 0 amide bonds.